The van der Waals surface area contributed by atoms with Crippen LogP contribution in [0.1, 0.15) is 21.6 Å². The van der Waals surface area contributed by atoms with E-state index in [0.717, 1.165) is 27.6 Å². The van der Waals surface area contributed by atoms with E-state index in [0.29, 0.717) is 12.2 Å². The molecule has 2 aromatic carbocycles. The molecule has 0 aliphatic carbocycles. The number of rotatable bonds is 16. The first kappa shape index (κ1) is 44.6. The smallest absolute Gasteiger partial charge is 0.221 e. The van der Waals surface area contributed by atoms with E-state index in [-0.39, 0.29) is 12.4 Å². The Balaban J connectivity index is 1.69. The Bertz CT molecular complexity index is 1660. The van der Waals surface area contributed by atoms with Crippen molar-refractivity contribution in [2.45, 2.75) is 141 Å². The Morgan fingerprint density at radius 3 is 1.87 bits per heavy atom. The summed E-state index contributed by atoms with van der Waals surface area (Å²) in [5.74, 6) is -2.07. The van der Waals surface area contributed by atoms with E-state index in [9.17, 15) is 9.50 Å². The van der Waals surface area contributed by atoms with Crippen molar-refractivity contribution in [1.82, 2.24) is 0 Å². The summed E-state index contributed by atoms with van der Waals surface area (Å²) < 4.78 is 54.6. The molecule has 1 fully saturated rings. The van der Waals surface area contributed by atoms with Crippen LogP contribution in [0.15, 0.2) is 54.6 Å². The van der Waals surface area contributed by atoms with E-state index >= 15 is 0 Å². The number of halogens is 1. The van der Waals surface area contributed by atoms with E-state index in [4.69, 9.17) is 26.9 Å². The van der Waals surface area contributed by atoms with Crippen LogP contribution < -0.4 is 0 Å². The van der Waals surface area contributed by atoms with Gasteiger partial charge in [-0.1, -0.05) is 24.3 Å². The van der Waals surface area contributed by atoms with E-state index in [2.05, 4.69) is 111 Å². The second-order valence-electron chi connectivity index (χ2n) is 19.0. The molecular formula is C39H65FO7SSi5. The molecule has 1 aromatic heterocycles. The zero-order chi connectivity index (χ0) is 39.8. The van der Waals surface area contributed by atoms with Gasteiger partial charge in [-0.2, -0.15) is 0 Å². The lowest BCUT2D eigenvalue weighted by atomic mass is 9.87. The van der Waals surface area contributed by atoms with Gasteiger partial charge in [0.15, 0.2) is 41.6 Å². The van der Waals surface area contributed by atoms with Gasteiger partial charge in [0.25, 0.3) is 0 Å². The maximum Gasteiger partial charge on any atom is 0.221 e. The van der Waals surface area contributed by atoms with Gasteiger partial charge in [0.2, 0.25) is 5.79 Å². The zero-order valence-corrected chi connectivity index (χ0v) is 40.6. The summed E-state index contributed by atoms with van der Waals surface area (Å²) in [7, 11) is -10.7. The Morgan fingerprint density at radius 1 is 0.717 bits per heavy atom. The molecule has 2 heterocycles. The van der Waals surface area contributed by atoms with Crippen LogP contribution in [-0.4, -0.2) is 77.7 Å². The van der Waals surface area contributed by atoms with Gasteiger partial charge in [0.1, 0.15) is 30.2 Å². The Hall–Kier alpha value is -1.13. The van der Waals surface area contributed by atoms with E-state index in [1.165, 1.54) is 17.0 Å². The summed E-state index contributed by atoms with van der Waals surface area (Å²) in [6.07, 6.45) is -2.47. The van der Waals surface area contributed by atoms with Crippen molar-refractivity contribution in [3.05, 3.63) is 82.0 Å². The fourth-order valence-corrected chi connectivity index (χ4v) is 14.0. The number of aryl methyl sites for hydroxylation is 1. The molecule has 0 unspecified atom stereocenters. The molecule has 1 saturated heterocycles. The summed E-state index contributed by atoms with van der Waals surface area (Å²) in [6, 6.07) is 17.8. The van der Waals surface area contributed by atoms with Crippen LogP contribution in [0, 0.1) is 12.7 Å². The topological polar surface area (TPSA) is 75.6 Å². The van der Waals surface area contributed by atoms with Crippen molar-refractivity contribution in [2.75, 3.05) is 6.61 Å². The number of thiophene rings is 1. The highest BCUT2D eigenvalue weighted by atomic mass is 32.1. The SMILES string of the molecule is Cc1ccc([C@]2(O)O[C@H](CO[Si](C)(C)C)[C@@H](O[Si](C)(C)C)[C@H](O[Si](C)(C)C)[C@H]2O[Si](C)(C)C)cc1CO[Si](C)(C)Cc1ccc(-c2ccc(F)cc2)s1. The summed E-state index contributed by atoms with van der Waals surface area (Å²) in [6.45, 7) is 33.1. The highest BCUT2D eigenvalue weighted by molar-refractivity contribution is 7.15. The number of aliphatic hydroxyl groups is 1. The second-order valence-corrected chi connectivity index (χ2v) is 42.2. The van der Waals surface area contributed by atoms with Crippen molar-refractivity contribution >= 4 is 52.9 Å². The average molecular weight is 837 g/mol. The average Bonchev–Trinajstić information content (AvgIpc) is 3.45. The molecule has 14 heteroatoms. The molecule has 1 aliphatic rings. The molecule has 0 spiro atoms. The van der Waals surface area contributed by atoms with Gasteiger partial charge in [0, 0.05) is 21.4 Å². The lowest BCUT2D eigenvalue weighted by molar-refractivity contribution is -0.348. The molecule has 4 rings (SSSR count). The van der Waals surface area contributed by atoms with Gasteiger partial charge in [-0.05, 0) is 146 Å². The molecule has 0 amide bonds. The lowest BCUT2D eigenvalue weighted by Gasteiger charge is -2.54. The summed E-state index contributed by atoms with van der Waals surface area (Å²) in [5.41, 5.74) is 3.69. The van der Waals surface area contributed by atoms with Gasteiger partial charge in [-0.25, -0.2) is 4.39 Å². The Kier molecular flexibility index (Phi) is 14.1. The predicted octanol–water partition coefficient (Wildman–Crippen LogP) is 10.4. The highest BCUT2D eigenvalue weighted by Gasteiger charge is 2.59. The number of hydrogen-bond acceptors (Lipinski definition) is 8. The minimum Gasteiger partial charge on any atom is -0.415 e. The first-order valence-electron chi connectivity index (χ1n) is 18.8. The highest BCUT2D eigenvalue weighted by Crippen LogP contribution is 2.44. The monoisotopic (exact) mass is 836 g/mol. The maximum atomic E-state index is 13.5. The van der Waals surface area contributed by atoms with Gasteiger partial charge in [0.05, 0.1) is 13.2 Å². The van der Waals surface area contributed by atoms with Gasteiger partial charge < -0.3 is 32.0 Å². The molecular weight excluding hydrogens is 772 g/mol. The third kappa shape index (κ3) is 13.2. The maximum absolute atomic E-state index is 13.5. The van der Waals surface area contributed by atoms with Crippen molar-refractivity contribution in [2.24, 2.45) is 0 Å². The fraction of sp³-hybridized carbons (Fsp3) is 0.590. The van der Waals surface area contributed by atoms with Crippen LogP contribution in [0.5, 0.6) is 0 Å². The van der Waals surface area contributed by atoms with Gasteiger partial charge >= 0.3 is 0 Å². The van der Waals surface area contributed by atoms with E-state index in [1.807, 2.05) is 30.3 Å². The number of hydrogen-bond donors (Lipinski definition) is 1. The van der Waals surface area contributed by atoms with Crippen LogP contribution in [0.4, 0.5) is 4.39 Å². The van der Waals surface area contributed by atoms with Crippen molar-refractivity contribution in [3.63, 3.8) is 0 Å². The van der Waals surface area contributed by atoms with Crippen LogP contribution >= 0.6 is 11.3 Å². The Morgan fingerprint density at radius 2 is 1.30 bits per heavy atom. The van der Waals surface area contributed by atoms with E-state index < -0.39 is 71.8 Å². The fourth-order valence-electron chi connectivity index (χ4n) is 6.32. The molecule has 3 aromatic rings. The normalized spacial score (nSPS) is 23.4. The third-order valence-corrected chi connectivity index (χ3v) is 16.1. The van der Waals surface area contributed by atoms with Crippen molar-refractivity contribution < 1.29 is 36.4 Å². The van der Waals surface area contributed by atoms with Crippen molar-refractivity contribution in [3.8, 4) is 10.4 Å². The first-order valence-corrected chi connectivity index (χ1v) is 36.4. The van der Waals surface area contributed by atoms with Gasteiger partial charge in [-0.15, -0.1) is 11.3 Å². The van der Waals surface area contributed by atoms with Crippen LogP contribution in [-0.2, 0) is 45.3 Å². The number of benzene rings is 2. The molecule has 1 aliphatic heterocycles. The minimum atomic E-state index is -2.27. The minimum absolute atomic E-state index is 0.232. The molecule has 0 saturated carbocycles. The summed E-state index contributed by atoms with van der Waals surface area (Å²) in [5, 5.41) is 13.1. The molecule has 0 bridgehead atoms. The standard InChI is InChI=1S/C39H65FO7SSi5/c1-28-16-19-31(24-30(28)25-43-53(14,15)27-33-22-23-35(48-33)29-17-20-32(40)21-18-29)39(41)38(47-52(11,12)13)37(46-51(8,9)10)36(45-50(5,6)7)34(44-39)26-42-49(2,3)4/h16-24,34,36-38,41H,25-27H2,1-15H3/t34-,36-,37+,38-,39+/m1/s1. The molecule has 296 valence electrons. The first-order chi connectivity index (χ1) is 24.1. The zero-order valence-electron chi connectivity index (χ0n) is 34.8. The van der Waals surface area contributed by atoms with Crippen LogP contribution in [0.3, 0.4) is 0 Å². The van der Waals surface area contributed by atoms with Crippen molar-refractivity contribution in [1.29, 1.82) is 0 Å². The summed E-state index contributed by atoms with van der Waals surface area (Å²) >= 11 is 1.73. The molecule has 1 N–H and O–H groups in total. The summed E-state index contributed by atoms with van der Waals surface area (Å²) in [4.78, 5) is 2.37. The number of ether oxygens (including phenoxy) is 1. The largest absolute Gasteiger partial charge is 0.415 e. The third-order valence-electron chi connectivity index (χ3n) is 8.62. The Labute approximate surface area is 328 Å². The quantitative estimate of drug-likeness (QED) is 0.144. The molecule has 7 nitrogen and oxygen atoms in total. The molecule has 5 atom stereocenters. The molecule has 0 radical (unpaired) electrons. The van der Waals surface area contributed by atoms with Gasteiger partial charge in [-0.3, -0.25) is 0 Å². The lowest BCUT2D eigenvalue weighted by Crippen LogP contribution is -2.69. The second kappa shape index (κ2) is 16.8. The predicted molar refractivity (Wildman–Crippen MR) is 230 cm³/mol. The van der Waals surface area contributed by atoms with Crippen LogP contribution in [0.2, 0.25) is 91.7 Å². The van der Waals surface area contributed by atoms with Crippen LogP contribution in [0.25, 0.3) is 10.4 Å². The molecule has 53 heavy (non-hydrogen) atoms. The van der Waals surface area contributed by atoms with E-state index in [1.54, 1.807) is 11.3 Å².